The molecule has 0 aliphatic rings. The molecule has 0 aromatic carbocycles. The average molecular weight is 200 g/mol. The van der Waals surface area contributed by atoms with E-state index < -0.39 is 0 Å². The molecule has 2 aromatic rings. The van der Waals surface area contributed by atoms with E-state index in [-0.39, 0.29) is 0 Å². The molecule has 5 heteroatoms. The molecule has 0 bridgehead atoms. The van der Waals surface area contributed by atoms with Crippen molar-refractivity contribution in [1.82, 2.24) is 15.0 Å². The second-order valence-corrected chi connectivity index (χ2v) is 2.92. The first-order chi connectivity index (χ1) is 5.79. The van der Waals surface area contributed by atoms with E-state index in [1.807, 2.05) is 0 Å². The maximum atomic E-state index is 5.81. The summed E-state index contributed by atoms with van der Waals surface area (Å²) >= 11 is 11.6. The van der Waals surface area contributed by atoms with Crippen molar-refractivity contribution >= 4 is 34.2 Å². The van der Waals surface area contributed by atoms with Crippen LogP contribution in [-0.2, 0) is 0 Å². The first kappa shape index (κ1) is 7.71. The summed E-state index contributed by atoms with van der Waals surface area (Å²) in [6, 6.07) is 0. The molecular formula is C7H3Cl2N3. The Bertz CT molecular complexity index is 389. The van der Waals surface area contributed by atoms with E-state index in [0.717, 1.165) is 0 Å². The highest BCUT2D eigenvalue weighted by Gasteiger charge is 2.05. The van der Waals surface area contributed by atoms with Crippen molar-refractivity contribution in [3.8, 4) is 0 Å². The van der Waals surface area contributed by atoms with Gasteiger partial charge in [-0.3, -0.25) is 4.98 Å². The second-order valence-electron chi connectivity index (χ2n) is 2.15. The minimum absolute atomic E-state index is 0.322. The van der Waals surface area contributed by atoms with Gasteiger partial charge in [0.15, 0.2) is 5.15 Å². The van der Waals surface area contributed by atoms with E-state index in [1.54, 1.807) is 12.4 Å². The summed E-state index contributed by atoms with van der Waals surface area (Å²) in [4.78, 5) is 11.9. The average Bonchev–Trinajstić information content (AvgIpc) is 2.12. The summed E-state index contributed by atoms with van der Waals surface area (Å²) in [5, 5.41) is 0.782. The van der Waals surface area contributed by atoms with Gasteiger partial charge < -0.3 is 0 Å². The normalized spacial score (nSPS) is 10.5. The molecule has 3 nitrogen and oxygen atoms in total. The van der Waals surface area contributed by atoms with Gasteiger partial charge in [0.1, 0.15) is 11.0 Å². The van der Waals surface area contributed by atoms with Crippen molar-refractivity contribution in [2.75, 3.05) is 0 Å². The van der Waals surface area contributed by atoms with Crippen molar-refractivity contribution in [3.63, 3.8) is 0 Å². The van der Waals surface area contributed by atoms with E-state index >= 15 is 0 Å². The summed E-state index contributed by atoms with van der Waals surface area (Å²) in [7, 11) is 0. The number of hydrogen-bond donors (Lipinski definition) is 0. The van der Waals surface area contributed by atoms with Crippen LogP contribution in [0.1, 0.15) is 0 Å². The molecule has 12 heavy (non-hydrogen) atoms. The predicted octanol–water partition coefficient (Wildman–Crippen LogP) is 2.33. The molecule has 0 amide bonds. The zero-order valence-electron chi connectivity index (χ0n) is 5.83. The lowest BCUT2D eigenvalue weighted by Crippen LogP contribution is -1.86. The van der Waals surface area contributed by atoms with Gasteiger partial charge in [-0.25, -0.2) is 9.97 Å². The van der Waals surface area contributed by atoms with E-state index in [0.29, 0.717) is 21.2 Å². The summed E-state index contributed by atoms with van der Waals surface area (Å²) in [6.45, 7) is 0. The molecule has 60 valence electrons. The Labute approximate surface area is 78.4 Å². The summed E-state index contributed by atoms with van der Waals surface area (Å²) in [5.74, 6) is 0. The van der Waals surface area contributed by atoms with Crippen molar-refractivity contribution in [1.29, 1.82) is 0 Å². The lowest BCUT2D eigenvalue weighted by Gasteiger charge is -1.97. The van der Waals surface area contributed by atoms with Crippen molar-refractivity contribution in [3.05, 3.63) is 28.8 Å². The smallest absolute Gasteiger partial charge is 0.156 e. The first-order valence-corrected chi connectivity index (χ1v) is 3.95. The fourth-order valence-electron chi connectivity index (χ4n) is 0.899. The van der Waals surface area contributed by atoms with Crippen LogP contribution in [0.2, 0.25) is 10.2 Å². The lowest BCUT2D eigenvalue weighted by atomic mass is 10.4. The zero-order valence-corrected chi connectivity index (χ0v) is 7.34. The molecule has 0 saturated carbocycles. The van der Waals surface area contributed by atoms with Gasteiger partial charge in [-0.15, -0.1) is 0 Å². The second kappa shape index (κ2) is 2.84. The van der Waals surface area contributed by atoms with Gasteiger partial charge in [-0.2, -0.15) is 0 Å². The quantitative estimate of drug-likeness (QED) is 0.612. The minimum atomic E-state index is 0.322. The van der Waals surface area contributed by atoms with Gasteiger partial charge in [0.05, 0.1) is 5.02 Å². The summed E-state index contributed by atoms with van der Waals surface area (Å²) in [6.07, 6.45) is 4.57. The molecule has 0 unspecified atom stereocenters. The molecule has 2 heterocycles. The number of nitrogens with zero attached hydrogens (tertiary/aromatic N) is 3. The monoisotopic (exact) mass is 199 g/mol. The van der Waals surface area contributed by atoms with Crippen molar-refractivity contribution in [2.45, 2.75) is 0 Å². The van der Waals surface area contributed by atoms with E-state index in [2.05, 4.69) is 15.0 Å². The molecular weight excluding hydrogens is 197 g/mol. The van der Waals surface area contributed by atoms with Crippen LogP contribution in [0.25, 0.3) is 11.0 Å². The Morgan fingerprint density at radius 3 is 2.25 bits per heavy atom. The molecule has 0 spiro atoms. The zero-order chi connectivity index (χ0) is 8.55. The van der Waals surface area contributed by atoms with Gasteiger partial charge in [-0.1, -0.05) is 23.2 Å². The molecule has 0 N–H and O–H groups in total. The summed E-state index contributed by atoms with van der Waals surface area (Å²) in [5.41, 5.74) is 1.12. The van der Waals surface area contributed by atoms with Crippen molar-refractivity contribution in [2.24, 2.45) is 0 Å². The van der Waals surface area contributed by atoms with Crippen LogP contribution >= 0.6 is 23.2 Å². The summed E-state index contributed by atoms with van der Waals surface area (Å²) < 4.78 is 0. The minimum Gasteiger partial charge on any atom is -0.251 e. The van der Waals surface area contributed by atoms with Gasteiger partial charge in [0.2, 0.25) is 0 Å². The highest BCUT2D eigenvalue weighted by Crippen LogP contribution is 2.22. The lowest BCUT2D eigenvalue weighted by molar-refractivity contribution is 1.25. The Balaban J connectivity index is 2.95. The predicted molar refractivity (Wildman–Crippen MR) is 47.4 cm³/mol. The number of rotatable bonds is 0. The van der Waals surface area contributed by atoms with Crippen LogP contribution in [-0.4, -0.2) is 15.0 Å². The van der Waals surface area contributed by atoms with Gasteiger partial charge >= 0.3 is 0 Å². The Morgan fingerprint density at radius 1 is 0.917 bits per heavy atom. The molecule has 0 radical (unpaired) electrons. The molecule has 0 saturated heterocycles. The molecule has 0 aliphatic heterocycles. The Hall–Kier alpha value is -0.930. The Morgan fingerprint density at radius 2 is 1.58 bits per heavy atom. The third-order valence-corrected chi connectivity index (χ3v) is 1.96. The molecule has 0 fully saturated rings. The van der Waals surface area contributed by atoms with Crippen molar-refractivity contribution < 1.29 is 0 Å². The topological polar surface area (TPSA) is 38.7 Å². The maximum absolute atomic E-state index is 5.81. The van der Waals surface area contributed by atoms with Crippen LogP contribution in [0.3, 0.4) is 0 Å². The highest BCUT2D eigenvalue weighted by atomic mass is 35.5. The fraction of sp³-hybridized carbons (Fsp3) is 0. The van der Waals surface area contributed by atoms with Gasteiger partial charge in [-0.05, 0) is 0 Å². The van der Waals surface area contributed by atoms with Crippen LogP contribution in [0.4, 0.5) is 0 Å². The number of aromatic nitrogens is 3. The third kappa shape index (κ3) is 1.11. The third-order valence-electron chi connectivity index (χ3n) is 1.41. The first-order valence-electron chi connectivity index (χ1n) is 3.20. The van der Waals surface area contributed by atoms with Crippen LogP contribution in [0.5, 0.6) is 0 Å². The number of hydrogen-bond acceptors (Lipinski definition) is 3. The van der Waals surface area contributed by atoms with E-state index in [9.17, 15) is 0 Å². The number of fused-ring (bicyclic) bond motifs is 1. The Kier molecular flexibility index (Phi) is 1.83. The largest absolute Gasteiger partial charge is 0.251 e. The number of halogens is 2. The SMILES string of the molecule is Clc1cnc(Cl)c2nccnc12. The number of pyridine rings is 1. The van der Waals surface area contributed by atoms with E-state index in [4.69, 9.17) is 23.2 Å². The van der Waals surface area contributed by atoms with Crippen LogP contribution in [0.15, 0.2) is 18.6 Å². The van der Waals surface area contributed by atoms with Gasteiger partial charge in [0, 0.05) is 18.6 Å². The highest BCUT2D eigenvalue weighted by molar-refractivity contribution is 6.38. The molecule has 0 aliphatic carbocycles. The molecule has 2 aromatic heterocycles. The standard InChI is InChI=1S/C7H3Cl2N3/c8-4-3-12-7(9)6-5(4)10-1-2-11-6/h1-3H. The van der Waals surface area contributed by atoms with Crippen LogP contribution < -0.4 is 0 Å². The molecule has 0 atom stereocenters. The van der Waals surface area contributed by atoms with Crippen LogP contribution in [0, 0.1) is 0 Å². The fourth-order valence-corrected chi connectivity index (χ4v) is 1.27. The maximum Gasteiger partial charge on any atom is 0.156 e. The van der Waals surface area contributed by atoms with E-state index in [1.165, 1.54) is 6.20 Å². The molecule has 2 rings (SSSR count). The van der Waals surface area contributed by atoms with Gasteiger partial charge in [0.25, 0.3) is 0 Å².